The number of likely N-dealkylation sites (N-methyl/N-ethyl adjacent to an activating group) is 1. The number of nitro benzene ring substituents is 1. The van der Waals surface area contributed by atoms with Crippen LogP contribution in [0.1, 0.15) is 24.8 Å². The van der Waals surface area contributed by atoms with Crippen LogP contribution in [-0.2, 0) is 6.54 Å². The van der Waals surface area contributed by atoms with Gasteiger partial charge in [-0.15, -0.1) is 0 Å². The van der Waals surface area contributed by atoms with E-state index in [1.54, 1.807) is 12.1 Å². The van der Waals surface area contributed by atoms with Crippen LogP contribution in [0.5, 0.6) is 0 Å². The zero-order chi connectivity index (χ0) is 14.5. The molecule has 1 unspecified atom stereocenters. The third-order valence-electron chi connectivity index (χ3n) is 3.60. The van der Waals surface area contributed by atoms with E-state index in [1.807, 2.05) is 6.07 Å². The molecular formula is C14H20BrN3O2. The number of halogens is 1. The smallest absolute Gasteiger partial charge is 0.283 e. The Hall–Kier alpha value is -0.980. The zero-order valence-corrected chi connectivity index (χ0v) is 13.2. The highest BCUT2D eigenvalue weighted by Crippen LogP contribution is 2.26. The van der Waals surface area contributed by atoms with Crippen molar-refractivity contribution in [2.45, 2.75) is 31.8 Å². The van der Waals surface area contributed by atoms with E-state index < -0.39 is 0 Å². The van der Waals surface area contributed by atoms with Crippen molar-refractivity contribution in [3.63, 3.8) is 0 Å². The summed E-state index contributed by atoms with van der Waals surface area (Å²) in [7, 11) is 2.06. The molecule has 0 bridgehead atoms. The second-order valence-corrected chi connectivity index (χ2v) is 6.24. The van der Waals surface area contributed by atoms with Crippen LogP contribution in [-0.4, -0.2) is 36.0 Å². The Kier molecular flexibility index (Phi) is 5.51. The van der Waals surface area contributed by atoms with Gasteiger partial charge in [-0.25, -0.2) is 0 Å². The van der Waals surface area contributed by atoms with Crippen LogP contribution in [0.4, 0.5) is 5.69 Å². The van der Waals surface area contributed by atoms with Crippen LogP contribution in [0.15, 0.2) is 22.7 Å². The summed E-state index contributed by atoms with van der Waals surface area (Å²) in [5.74, 6) is 0. The van der Waals surface area contributed by atoms with Gasteiger partial charge in [-0.3, -0.25) is 10.1 Å². The van der Waals surface area contributed by atoms with Gasteiger partial charge in [-0.2, -0.15) is 0 Å². The van der Waals surface area contributed by atoms with Gasteiger partial charge < -0.3 is 10.2 Å². The van der Waals surface area contributed by atoms with Gasteiger partial charge in [-0.05, 0) is 54.0 Å². The lowest BCUT2D eigenvalue weighted by atomic mass is 10.0. The maximum absolute atomic E-state index is 10.9. The number of piperidine rings is 1. The minimum absolute atomic E-state index is 0.131. The van der Waals surface area contributed by atoms with Crippen LogP contribution in [0, 0.1) is 10.1 Å². The van der Waals surface area contributed by atoms with Gasteiger partial charge in [0.25, 0.3) is 5.69 Å². The maximum atomic E-state index is 10.9. The topological polar surface area (TPSA) is 58.4 Å². The van der Waals surface area contributed by atoms with E-state index in [4.69, 9.17) is 0 Å². The Balaban J connectivity index is 1.95. The molecule has 5 nitrogen and oxygen atoms in total. The van der Waals surface area contributed by atoms with Crippen molar-refractivity contribution in [3.8, 4) is 0 Å². The van der Waals surface area contributed by atoms with E-state index >= 15 is 0 Å². The first kappa shape index (κ1) is 15.4. The monoisotopic (exact) mass is 341 g/mol. The average molecular weight is 342 g/mol. The van der Waals surface area contributed by atoms with E-state index in [0.717, 1.165) is 25.2 Å². The van der Waals surface area contributed by atoms with Crippen molar-refractivity contribution in [3.05, 3.63) is 38.3 Å². The first-order valence-electron chi connectivity index (χ1n) is 6.91. The molecule has 20 heavy (non-hydrogen) atoms. The van der Waals surface area contributed by atoms with Crippen LogP contribution in [0.25, 0.3) is 0 Å². The lowest BCUT2D eigenvalue weighted by Crippen LogP contribution is -2.42. The lowest BCUT2D eigenvalue weighted by molar-refractivity contribution is -0.385. The molecule has 1 aliphatic heterocycles. The molecule has 1 fully saturated rings. The second-order valence-electron chi connectivity index (χ2n) is 5.39. The molecule has 0 spiro atoms. The fraction of sp³-hybridized carbons (Fsp3) is 0.571. The Labute approximate surface area is 127 Å². The summed E-state index contributed by atoms with van der Waals surface area (Å²) in [5.41, 5.74) is 1.10. The summed E-state index contributed by atoms with van der Waals surface area (Å²) in [4.78, 5) is 12.8. The van der Waals surface area contributed by atoms with Crippen LogP contribution < -0.4 is 5.32 Å². The standard InChI is InChI=1S/C14H20BrN3O2/c1-17(10-12-4-2-3-7-16-12)9-11-5-6-13(15)14(8-11)18(19)20/h5-6,8,12,16H,2-4,7,9-10H2,1H3. The molecule has 1 aromatic carbocycles. The highest BCUT2D eigenvalue weighted by molar-refractivity contribution is 9.10. The Morgan fingerprint density at radius 1 is 1.50 bits per heavy atom. The van der Waals surface area contributed by atoms with Gasteiger partial charge in [0, 0.05) is 25.2 Å². The largest absolute Gasteiger partial charge is 0.313 e. The molecule has 6 heteroatoms. The number of benzene rings is 1. The van der Waals surface area contributed by atoms with E-state index in [1.165, 1.54) is 19.3 Å². The van der Waals surface area contributed by atoms with Crippen molar-refractivity contribution in [2.24, 2.45) is 0 Å². The van der Waals surface area contributed by atoms with E-state index in [0.29, 0.717) is 10.5 Å². The third kappa shape index (κ3) is 4.26. The van der Waals surface area contributed by atoms with Gasteiger partial charge in [0.05, 0.1) is 9.40 Å². The minimum atomic E-state index is -0.351. The summed E-state index contributed by atoms with van der Waals surface area (Å²) in [6, 6.07) is 5.87. The molecule has 0 amide bonds. The van der Waals surface area contributed by atoms with Gasteiger partial charge in [0.1, 0.15) is 0 Å². The summed E-state index contributed by atoms with van der Waals surface area (Å²) < 4.78 is 0.530. The molecular weight excluding hydrogens is 322 g/mol. The van der Waals surface area contributed by atoms with Crippen LogP contribution in [0.3, 0.4) is 0 Å². The zero-order valence-electron chi connectivity index (χ0n) is 11.6. The molecule has 0 saturated carbocycles. The van der Waals surface area contributed by atoms with E-state index in [-0.39, 0.29) is 10.6 Å². The van der Waals surface area contributed by atoms with Gasteiger partial charge in [-0.1, -0.05) is 12.5 Å². The normalized spacial score (nSPS) is 19.2. The molecule has 1 aliphatic rings. The Bertz CT molecular complexity index is 475. The summed E-state index contributed by atoms with van der Waals surface area (Å²) in [5, 5.41) is 14.4. The van der Waals surface area contributed by atoms with Crippen molar-refractivity contribution in [1.82, 2.24) is 10.2 Å². The predicted molar refractivity (Wildman–Crippen MR) is 82.8 cm³/mol. The molecule has 1 heterocycles. The molecule has 0 aromatic heterocycles. The number of nitrogens with zero attached hydrogens (tertiary/aromatic N) is 2. The summed E-state index contributed by atoms with van der Waals surface area (Å²) in [6.07, 6.45) is 3.76. The van der Waals surface area contributed by atoms with Gasteiger partial charge in [0.2, 0.25) is 0 Å². The SMILES string of the molecule is CN(Cc1ccc(Br)c([N+](=O)[O-])c1)CC1CCCCN1. The molecule has 1 aromatic rings. The molecule has 110 valence electrons. The fourth-order valence-corrected chi connectivity index (χ4v) is 3.02. The number of rotatable bonds is 5. The lowest BCUT2D eigenvalue weighted by Gasteiger charge is -2.28. The summed E-state index contributed by atoms with van der Waals surface area (Å²) >= 11 is 3.21. The number of hydrogen-bond acceptors (Lipinski definition) is 4. The fourth-order valence-electron chi connectivity index (χ4n) is 2.63. The number of nitro groups is 1. The van der Waals surface area contributed by atoms with Crippen molar-refractivity contribution >= 4 is 21.6 Å². The Morgan fingerprint density at radius 3 is 2.95 bits per heavy atom. The first-order chi connectivity index (χ1) is 9.56. The number of nitrogens with one attached hydrogen (secondary N) is 1. The van der Waals surface area contributed by atoms with Crippen LogP contribution in [0.2, 0.25) is 0 Å². The van der Waals surface area contributed by atoms with Crippen LogP contribution >= 0.6 is 15.9 Å². The first-order valence-corrected chi connectivity index (χ1v) is 7.70. The highest BCUT2D eigenvalue weighted by atomic mass is 79.9. The van der Waals surface area contributed by atoms with Crippen molar-refractivity contribution in [2.75, 3.05) is 20.1 Å². The van der Waals surface area contributed by atoms with E-state index in [9.17, 15) is 10.1 Å². The summed E-state index contributed by atoms with van der Waals surface area (Å²) in [6.45, 7) is 2.80. The predicted octanol–water partition coefficient (Wildman–Crippen LogP) is 2.93. The molecule has 1 atom stereocenters. The molecule has 1 N–H and O–H groups in total. The minimum Gasteiger partial charge on any atom is -0.313 e. The molecule has 2 rings (SSSR count). The highest BCUT2D eigenvalue weighted by Gasteiger charge is 2.16. The van der Waals surface area contributed by atoms with Crippen molar-refractivity contribution < 1.29 is 4.92 Å². The number of hydrogen-bond donors (Lipinski definition) is 1. The van der Waals surface area contributed by atoms with Gasteiger partial charge in [0.15, 0.2) is 0 Å². The molecule has 0 radical (unpaired) electrons. The van der Waals surface area contributed by atoms with Crippen molar-refractivity contribution in [1.29, 1.82) is 0 Å². The maximum Gasteiger partial charge on any atom is 0.283 e. The quantitative estimate of drug-likeness (QED) is 0.660. The van der Waals surface area contributed by atoms with E-state index in [2.05, 4.69) is 33.2 Å². The molecule has 1 saturated heterocycles. The third-order valence-corrected chi connectivity index (χ3v) is 4.27. The second kappa shape index (κ2) is 7.15. The average Bonchev–Trinajstić information content (AvgIpc) is 2.41. The molecule has 0 aliphatic carbocycles. The Morgan fingerprint density at radius 2 is 2.30 bits per heavy atom. The van der Waals surface area contributed by atoms with Gasteiger partial charge >= 0.3 is 0 Å².